The lowest BCUT2D eigenvalue weighted by molar-refractivity contribution is 0.148. The largest absolute Gasteiger partial charge is 0.357 e. The topological polar surface area (TPSA) is 55.8 Å². The summed E-state index contributed by atoms with van der Waals surface area (Å²) in [6.45, 7) is 12.3. The van der Waals surface area contributed by atoms with E-state index < -0.39 is 0 Å². The lowest BCUT2D eigenvalue weighted by atomic mass is 10.1. The Morgan fingerprint density at radius 1 is 1.07 bits per heavy atom. The summed E-state index contributed by atoms with van der Waals surface area (Å²) in [6, 6.07) is 8.91. The van der Waals surface area contributed by atoms with E-state index in [1.54, 1.807) is 11.3 Å². The van der Waals surface area contributed by atoms with E-state index in [0.717, 1.165) is 64.6 Å². The fourth-order valence-electron chi connectivity index (χ4n) is 3.44. The number of nitrogens with one attached hydrogen (secondary N) is 2. The average Bonchev–Trinajstić information content (AvgIpc) is 3.23. The highest BCUT2D eigenvalue weighted by atomic mass is 32.1. The summed E-state index contributed by atoms with van der Waals surface area (Å²) in [6.07, 6.45) is 3.98. The molecule has 7 heteroatoms. The van der Waals surface area contributed by atoms with Crippen molar-refractivity contribution in [2.24, 2.45) is 4.99 Å². The second-order valence-electron chi connectivity index (χ2n) is 7.84. The van der Waals surface area contributed by atoms with Gasteiger partial charge in [0.2, 0.25) is 0 Å². The highest BCUT2D eigenvalue weighted by molar-refractivity contribution is 7.11. The first-order chi connectivity index (χ1) is 14.7. The minimum absolute atomic E-state index is 0.682. The van der Waals surface area contributed by atoms with Gasteiger partial charge in [-0.15, -0.1) is 11.3 Å². The van der Waals surface area contributed by atoms with Crippen molar-refractivity contribution < 1.29 is 0 Å². The van der Waals surface area contributed by atoms with E-state index in [2.05, 4.69) is 70.6 Å². The van der Waals surface area contributed by atoms with Crippen LogP contribution in [0.4, 0.5) is 0 Å². The normalized spacial score (nSPS) is 16.0. The average molecular weight is 429 g/mol. The summed E-state index contributed by atoms with van der Waals surface area (Å²) in [4.78, 5) is 15.5. The Bertz CT molecular complexity index is 777. The second-order valence-corrected chi connectivity index (χ2v) is 9.04. The molecule has 0 unspecified atom stereocenters. The predicted molar refractivity (Wildman–Crippen MR) is 127 cm³/mol. The zero-order chi connectivity index (χ0) is 21.2. The first-order valence-corrected chi connectivity index (χ1v) is 11.9. The molecule has 0 saturated carbocycles. The Morgan fingerprint density at radius 2 is 1.80 bits per heavy atom. The third-order valence-corrected chi connectivity index (χ3v) is 6.57. The maximum atomic E-state index is 4.75. The number of guanidine groups is 1. The SMILES string of the molecule is CCNC(=NCc1ccc(CN2CCN(C)CC2)cc1)NCCc1ncc(CC)s1. The molecular weight excluding hydrogens is 392 g/mol. The summed E-state index contributed by atoms with van der Waals surface area (Å²) in [7, 11) is 2.20. The maximum Gasteiger partial charge on any atom is 0.191 e. The number of nitrogens with zero attached hydrogens (tertiary/aromatic N) is 4. The van der Waals surface area contributed by atoms with Crippen LogP contribution in [0, 0.1) is 0 Å². The number of aryl methyl sites for hydroxylation is 1. The summed E-state index contributed by atoms with van der Waals surface area (Å²) < 4.78 is 0. The van der Waals surface area contributed by atoms with Crippen molar-refractivity contribution in [1.29, 1.82) is 0 Å². The van der Waals surface area contributed by atoms with Crippen LogP contribution in [0.1, 0.15) is 34.9 Å². The molecule has 0 amide bonds. The van der Waals surface area contributed by atoms with Crippen LogP contribution in [0.15, 0.2) is 35.5 Å². The van der Waals surface area contributed by atoms with Gasteiger partial charge in [-0.3, -0.25) is 4.90 Å². The quantitative estimate of drug-likeness (QED) is 0.475. The summed E-state index contributed by atoms with van der Waals surface area (Å²) >= 11 is 1.80. The number of aliphatic imine (C=N–C) groups is 1. The van der Waals surface area contributed by atoms with Crippen molar-refractivity contribution in [2.75, 3.05) is 46.3 Å². The molecule has 0 atom stereocenters. The zero-order valence-corrected chi connectivity index (χ0v) is 19.5. The molecule has 0 aliphatic carbocycles. The summed E-state index contributed by atoms with van der Waals surface area (Å²) in [5.41, 5.74) is 2.62. The highest BCUT2D eigenvalue weighted by Gasteiger charge is 2.13. The molecule has 1 aliphatic rings. The van der Waals surface area contributed by atoms with Crippen LogP contribution in [0.3, 0.4) is 0 Å². The van der Waals surface area contributed by atoms with Crippen molar-refractivity contribution in [3.8, 4) is 0 Å². The lowest BCUT2D eigenvalue weighted by Gasteiger charge is -2.32. The van der Waals surface area contributed by atoms with Gasteiger partial charge in [-0.25, -0.2) is 9.98 Å². The molecule has 1 aromatic heterocycles. The summed E-state index contributed by atoms with van der Waals surface area (Å²) in [5, 5.41) is 7.95. The van der Waals surface area contributed by atoms with Gasteiger partial charge in [-0.1, -0.05) is 31.2 Å². The number of likely N-dealkylation sites (N-methyl/N-ethyl adjacent to an activating group) is 1. The number of hydrogen-bond acceptors (Lipinski definition) is 5. The molecular formula is C23H36N6S. The molecule has 0 spiro atoms. The van der Waals surface area contributed by atoms with Crippen LogP contribution >= 0.6 is 11.3 Å². The van der Waals surface area contributed by atoms with E-state index >= 15 is 0 Å². The molecule has 2 heterocycles. The van der Waals surface area contributed by atoms with Gasteiger partial charge in [-0.2, -0.15) is 0 Å². The van der Waals surface area contributed by atoms with E-state index in [9.17, 15) is 0 Å². The third-order valence-electron chi connectivity index (χ3n) is 5.37. The van der Waals surface area contributed by atoms with E-state index in [4.69, 9.17) is 4.99 Å². The van der Waals surface area contributed by atoms with Crippen molar-refractivity contribution in [3.05, 3.63) is 51.5 Å². The van der Waals surface area contributed by atoms with Gasteiger partial charge in [0.1, 0.15) is 0 Å². The first kappa shape index (κ1) is 22.7. The van der Waals surface area contributed by atoms with Gasteiger partial charge in [0.05, 0.1) is 11.6 Å². The molecule has 0 bridgehead atoms. The fraction of sp³-hybridized carbons (Fsp3) is 0.565. The standard InChI is InChI=1S/C23H36N6S/c1-4-21-17-26-22(30-21)10-11-25-23(24-5-2)27-16-19-6-8-20(9-7-19)18-29-14-12-28(3)13-15-29/h6-9,17H,4-5,10-16,18H2,1-3H3,(H2,24,25,27). The number of thiazole rings is 1. The van der Waals surface area contributed by atoms with Crippen molar-refractivity contribution in [1.82, 2.24) is 25.4 Å². The van der Waals surface area contributed by atoms with Crippen LogP contribution in [-0.2, 0) is 25.9 Å². The Balaban J connectivity index is 1.46. The van der Waals surface area contributed by atoms with Crippen molar-refractivity contribution >= 4 is 17.3 Å². The minimum Gasteiger partial charge on any atom is -0.357 e. The van der Waals surface area contributed by atoms with Crippen molar-refractivity contribution in [3.63, 3.8) is 0 Å². The monoisotopic (exact) mass is 428 g/mol. The minimum atomic E-state index is 0.682. The Kier molecular flexibility index (Phi) is 9.11. The molecule has 6 nitrogen and oxygen atoms in total. The molecule has 1 aliphatic heterocycles. The van der Waals surface area contributed by atoms with Gasteiger partial charge in [0.25, 0.3) is 0 Å². The summed E-state index contributed by atoms with van der Waals surface area (Å²) in [5.74, 6) is 0.867. The number of benzene rings is 1. The third kappa shape index (κ3) is 7.38. The highest BCUT2D eigenvalue weighted by Crippen LogP contribution is 2.13. The number of aromatic nitrogens is 1. The van der Waals surface area contributed by atoms with Gasteiger partial charge < -0.3 is 15.5 Å². The molecule has 164 valence electrons. The van der Waals surface area contributed by atoms with Crippen LogP contribution in [0.5, 0.6) is 0 Å². The Hall–Kier alpha value is -1.96. The second kappa shape index (κ2) is 12.0. The molecule has 1 fully saturated rings. The maximum absolute atomic E-state index is 4.75. The van der Waals surface area contributed by atoms with Gasteiger partial charge in [-0.05, 0) is 31.5 Å². The molecule has 3 rings (SSSR count). The van der Waals surface area contributed by atoms with Crippen LogP contribution in [0.2, 0.25) is 0 Å². The van der Waals surface area contributed by atoms with E-state index in [0.29, 0.717) is 6.54 Å². The smallest absolute Gasteiger partial charge is 0.191 e. The lowest BCUT2D eigenvalue weighted by Crippen LogP contribution is -2.43. The number of hydrogen-bond donors (Lipinski definition) is 2. The molecule has 1 aromatic carbocycles. The molecule has 2 aromatic rings. The van der Waals surface area contributed by atoms with Gasteiger partial charge >= 0.3 is 0 Å². The van der Waals surface area contributed by atoms with Crippen LogP contribution in [0.25, 0.3) is 0 Å². The van der Waals surface area contributed by atoms with Crippen LogP contribution < -0.4 is 10.6 Å². The molecule has 30 heavy (non-hydrogen) atoms. The van der Waals surface area contributed by atoms with Crippen molar-refractivity contribution in [2.45, 2.75) is 39.8 Å². The Morgan fingerprint density at radius 3 is 2.47 bits per heavy atom. The van der Waals surface area contributed by atoms with Crippen LogP contribution in [-0.4, -0.2) is 67.1 Å². The predicted octanol–water partition coefficient (Wildman–Crippen LogP) is 2.75. The Labute approximate surface area is 185 Å². The van der Waals surface area contributed by atoms with E-state index in [-0.39, 0.29) is 0 Å². The molecule has 0 radical (unpaired) electrons. The molecule has 2 N–H and O–H groups in total. The van der Waals surface area contributed by atoms with E-state index in [1.807, 2.05) is 6.20 Å². The molecule has 1 saturated heterocycles. The fourth-order valence-corrected chi connectivity index (χ4v) is 4.30. The number of rotatable bonds is 9. The zero-order valence-electron chi connectivity index (χ0n) is 18.7. The first-order valence-electron chi connectivity index (χ1n) is 11.1. The van der Waals surface area contributed by atoms with Gasteiger partial charge in [0, 0.05) is 63.3 Å². The number of piperazine rings is 1. The van der Waals surface area contributed by atoms with E-state index in [1.165, 1.54) is 21.0 Å². The van der Waals surface area contributed by atoms with Gasteiger partial charge in [0.15, 0.2) is 5.96 Å².